The van der Waals surface area contributed by atoms with Crippen molar-refractivity contribution in [2.24, 2.45) is 5.73 Å². The summed E-state index contributed by atoms with van der Waals surface area (Å²) in [6.45, 7) is 0. The van der Waals surface area contributed by atoms with Crippen LogP contribution in [0.25, 0.3) is 0 Å². The molecule has 88 valence electrons. The third kappa shape index (κ3) is 2.39. The van der Waals surface area contributed by atoms with Gasteiger partial charge in [-0.05, 0) is 17.7 Å². The highest BCUT2D eigenvalue weighted by molar-refractivity contribution is 5.35. The van der Waals surface area contributed by atoms with Gasteiger partial charge in [-0.25, -0.2) is 4.39 Å². The van der Waals surface area contributed by atoms with E-state index in [1.54, 1.807) is 18.2 Å². The van der Waals surface area contributed by atoms with Crippen LogP contribution in [0.1, 0.15) is 17.2 Å². The number of halogens is 1. The summed E-state index contributed by atoms with van der Waals surface area (Å²) in [5, 5.41) is 7.37. The Hall–Kier alpha value is -2.01. The molecule has 0 aliphatic rings. The Labute approximate surface area is 98.2 Å². The molecule has 0 saturated heterocycles. The van der Waals surface area contributed by atoms with Gasteiger partial charge in [0.1, 0.15) is 11.6 Å². The molecule has 0 bridgehead atoms. The van der Waals surface area contributed by atoms with Crippen molar-refractivity contribution < 1.29 is 9.13 Å². The maximum Gasteiger partial charge on any atom is 0.132 e. The molecular weight excluding hydrogens is 221 g/mol. The van der Waals surface area contributed by atoms with Crippen molar-refractivity contribution >= 4 is 0 Å². The largest absolute Gasteiger partial charge is 0.497 e. The van der Waals surface area contributed by atoms with E-state index >= 15 is 0 Å². The van der Waals surface area contributed by atoms with Crippen LogP contribution in [0.5, 0.6) is 5.75 Å². The molecular formula is C12H12FN3O. The molecule has 0 amide bonds. The van der Waals surface area contributed by atoms with Gasteiger partial charge in [-0.3, -0.25) is 0 Å². The zero-order valence-electron chi connectivity index (χ0n) is 9.30. The summed E-state index contributed by atoms with van der Waals surface area (Å²) in [4.78, 5) is 0. The van der Waals surface area contributed by atoms with Gasteiger partial charge in [-0.15, -0.1) is 0 Å². The molecule has 5 heteroatoms. The number of hydrogen-bond acceptors (Lipinski definition) is 4. The van der Waals surface area contributed by atoms with Gasteiger partial charge < -0.3 is 10.5 Å². The summed E-state index contributed by atoms with van der Waals surface area (Å²) < 4.78 is 18.7. The number of rotatable bonds is 3. The Morgan fingerprint density at radius 2 is 2.12 bits per heavy atom. The van der Waals surface area contributed by atoms with Gasteiger partial charge in [-0.2, -0.15) is 10.2 Å². The van der Waals surface area contributed by atoms with Crippen molar-refractivity contribution in [3.8, 4) is 5.75 Å². The minimum absolute atomic E-state index is 0.395. The van der Waals surface area contributed by atoms with Gasteiger partial charge in [0.2, 0.25) is 0 Å². The quantitative estimate of drug-likeness (QED) is 0.876. The summed E-state index contributed by atoms with van der Waals surface area (Å²) in [6.07, 6.45) is 3.05. The highest BCUT2D eigenvalue weighted by Gasteiger charge is 2.14. The Morgan fingerprint density at radius 1 is 1.29 bits per heavy atom. The molecule has 2 rings (SSSR count). The topological polar surface area (TPSA) is 61.0 Å². The highest BCUT2D eigenvalue weighted by Crippen LogP contribution is 2.24. The number of aromatic nitrogens is 2. The molecule has 0 aliphatic carbocycles. The summed E-state index contributed by atoms with van der Waals surface area (Å²) in [5.41, 5.74) is 7.07. The zero-order valence-corrected chi connectivity index (χ0v) is 9.30. The van der Waals surface area contributed by atoms with Crippen LogP contribution < -0.4 is 10.5 Å². The van der Waals surface area contributed by atoms with Crippen molar-refractivity contribution in [3.63, 3.8) is 0 Å². The number of hydrogen-bond donors (Lipinski definition) is 1. The van der Waals surface area contributed by atoms with Crippen molar-refractivity contribution in [2.45, 2.75) is 6.04 Å². The fourth-order valence-electron chi connectivity index (χ4n) is 1.55. The Morgan fingerprint density at radius 3 is 2.71 bits per heavy atom. The molecule has 0 aliphatic heterocycles. The van der Waals surface area contributed by atoms with E-state index in [1.165, 1.54) is 25.6 Å². The molecule has 17 heavy (non-hydrogen) atoms. The lowest BCUT2D eigenvalue weighted by atomic mass is 10.0. The third-order valence-corrected chi connectivity index (χ3v) is 2.51. The van der Waals surface area contributed by atoms with Crippen LogP contribution in [0.15, 0.2) is 36.7 Å². The Bertz CT molecular complexity index is 504. The summed E-state index contributed by atoms with van der Waals surface area (Å²) in [5.74, 6) is 0.0694. The maximum absolute atomic E-state index is 13.8. The molecule has 2 N–H and O–H groups in total. The first kappa shape index (κ1) is 11.5. The molecule has 0 fully saturated rings. The summed E-state index contributed by atoms with van der Waals surface area (Å²) in [6, 6.07) is 5.74. The smallest absolute Gasteiger partial charge is 0.132 e. The first-order valence-corrected chi connectivity index (χ1v) is 5.08. The van der Waals surface area contributed by atoms with Crippen molar-refractivity contribution in [1.82, 2.24) is 10.2 Å². The second-order valence-electron chi connectivity index (χ2n) is 3.54. The van der Waals surface area contributed by atoms with Crippen molar-refractivity contribution in [3.05, 3.63) is 53.6 Å². The fourth-order valence-corrected chi connectivity index (χ4v) is 1.55. The lowest BCUT2D eigenvalue weighted by Gasteiger charge is -2.13. The van der Waals surface area contributed by atoms with Crippen LogP contribution in [-0.4, -0.2) is 17.3 Å². The number of ether oxygens (including phenoxy) is 1. The second kappa shape index (κ2) is 4.88. The maximum atomic E-state index is 13.8. The van der Waals surface area contributed by atoms with Gasteiger partial charge in [0, 0.05) is 17.8 Å². The highest BCUT2D eigenvalue weighted by atomic mass is 19.1. The van der Waals surface area contributed by atoms with Crippen LogP contribution in [0, 0.1) is 5.82 Å². The molecule has 1 aromatic heterocycles. The minimum Gasteiger partial charge on any atom is -0.497 e. The summed E-state index contributed by atoms with van der Waals surface area (Å²) >= 11 is 0. The lowest BCUT2D eigenvalue weighted by Crippen LogP contribution is -2.14. The number of nitrogens with zero attached hydrogens (tertiary/aromatic N) is 2. The Balaban J connectivity index is 2.34. The normalized spacial score (nSPS) is 12.2. The van der Waals surface area contributed by atoms with E-state index in [4.69, 9.17) is 10.5 Å². The van der Waals surface area contributed by atoms with Crippen molar-refractivity contribution in [2.75, 3.05) is 7.11 Å². The van der Waals surface area contributed by atoms with Crippen LogP contribution in [0.4, 0.5) is 4.39 Å². The van der Waals surface area contributed by atoms with Crippen LogP contribution in [0.2, 0.25) is 0 Å². The SMILES string of the molecule is COc1ccc(C(N)c2ccnnc2)c(F)c1. The molecule has 1 heterocycles. The van der Waals surface area contributed by atoms with Gasteiger partial charge in [0.15, 0.2) is 0 Å². The molecule has 2 aromatic rings. The van der Waals surface area contributed by atoms with E-state index in [-0.39, 0.29) is 0 Å². The number of benzene rings is 1. The summed E-state index contributed by atoms with van der Waals surface area (Å²) in [7, 11) is 1.49. The molecule has 0 spiro atoms. The monoisotopic (exact) mass is 233 g/mol. The molecule has 4 nitrogen and oxygen atoms in total. The van der Waals surface area contributed by atoms with E-state index < -0.39 is 11.9 Å². The Kier molecular flexibility index (Phi) is 3.30. The van der Waals surface area contributed by atoms with E-state index in [0.29, 0.717) is 16.9 Å². The zero-order chi connectivity index (χ0) is 12.3. The van der Waals surface area contributed by atoms with Gasteiger partial charge in [0.25, 0.3) is 0 Å². The molecule has 1 atom stereocenters. The number of methoxy groups -OCH3 is 1. The van der Waals surface area contributed by atoms with Gasteiger partial charge in [-0.1, -0.05) is 6.07 Å². The molecule has 1 unspecified atom stereocenters. The second-order valence-corrected chi connectivity index (χ2v) is 3.54. The standard InChI is InChI=1S/C12H12FN3O/c1-17-9-2-3-10(11(13)6-9)12(14)8-4-5-15-16-7-8/h2-7,12H,14H2,1H3. The van der Waals surface area contributed by atoms with Crippen LogP contribution in [0.3, 0.4) is 0 Å². The molecule has 1 aromatic carbocycles. The average Bonchev–Trinajstić information content (AvgIpc) is 2.39. The fraction of sp³-hybridized carbons (Fsp3) is 0.167. The van der Waals surface area contributed by atoms with Gasteiger partial charge in [0.05, 0.1) is 19.3 Å². The third-order valence-electron chi connectivity index (χ3n) is 2.51. The van der Waals surface area contributed by atoms with Gasteiger partial charge >= 0.3 is 0 Å². The first-order chi connectivity index (χ1) is 8.22. The van der Waals surface area contributed by atoms with Crippen LogP contribution in [-0.2, 0) is 0 Å². The molecule has 0 radical (unpaired) electrons. The van der Waals surface area contributed by atoms with E-state index in [1.807, 2.05) is 0 Å². The van der Waals surface area contributed by atoms with Crippen molar-refractivity contribution in [1.29, 1.82) is 0 Å². The minimum atomic E-state index is -0.559. The van der Waals surface area contributed by atoms with E-state index in [2.05, 4.69) is 10.2 Å². The lowest BCUT2D eigenvalue weighted by molar-refractivity contribution is 0.410. The average molecular weight is 233 g/mol. The number of nitrogens with two attached hydrogens (primary N) is 1. The van der Waals surface area contributed by atoms with Crippen LogP contribution >= 0.6 is 0 Å². The van der Waals surface area contributed by atoms with E-state index in [0.717, 1.165) is 0 Å². The van der Waals surface area contributed by atoms with E-state index in [9.17, 15) is 4.39 Å². The predicted octanol–water partition coefficient (Wildman–Crippen LogP) is 1.67. The first-order valence-electron chi connectivity index (χ1n) is 5.08. The predicted molar refractivity (Wildman–Crippen MR) is 61.0 cm³/mol. The molecule has 0 saturated carbocycles.